The van der Waals surface area contributed by atoms with Crippen molar-refractivity contribution in [3.05, 3.63) is 29.8 Å². The molecular weight excluding hydrogens is 408 g/mol. The van der Waals surface area contributed by atoms with Gasteiger partial charge in [-0.25, -0.2) is 4.98 Å². The van der Waals surface area contributed by atoms with Crippen molar-refractivity contribution in [2.24, 2.45) is 23.2 Å². The summed E-state index contributed by atoms with van der Waals surface area (Å²) in [6.07, 6.45) is 10.5. The second-order valence-corrected chi connectivity index (χ2v) is 11.0. The van der Waals surface area contributed by atoms with E-state index in [1.165, 1.54) is 30.6 Å². The van der Waals surface area contributed by atoms with Gasteiger partial charge in [-0.15, -0.1) is 11.3 Å². The van der Waals surface area contributed by atoms with Gasteiger partial charge in [-0.2, -0.15) is 0 Å². The van der Waals surface area contributed by atoms with Crippen molar-refractivity contribution >= 4 is 28.3 Å². The lowest BCUT2D eigenvalue weighted by molar-refractivity contribution is -0.160. The van der Waals surface area contributed by atoms with E-state index in [0.717, 1.165) is 61.2 Å². The van der Waals surface area contributed by atoms with Crippen LogP contribution in [0.2, 0.25) is 0 Å². The Balaban J connectivity index is 1.17. The van der Waals surface area contributed by atoms with Crippen LogP contribution in [0.25, 0.3) is 11.4 Å². The van der Waals surface area contributed by atoms with Crippen LogP contribution in [0.3, 0.4) is 0 Å². The van der Waals surface area contributed by atoms with E-state index < -0.39 is 0 Å². The molecule has 1 atom stereocenters. The number of carbonyl (C=O) groups is 2. The smallest absolute Gasteiger partial charge is 0.248 e. The van der Waals surface area contributed by atoms with Crippen LogP contribution in [0, 0.1) is 23.2 Å². The van der Waals surface area contributed by atoms with Gasteiger partial charge < -0.3 is 10.2 Å². The number of anilines is 1. The summed E-state index contributed by atoms with van der Waals surface area (Å²) in [4.78, 5) is 37.7. The standard InChI is InChI=1S/C24H28N4O2S/c29-21(27-23-26-19(14-31-23)18-4-1-2-6-25-18)20-5-3-7-28(20)22(30)24-11-15-8-16(12-24)10-17(9-15)13-24/h1-2,4,6,14-17,20H,3,5,7-13H2,(H,26,27,29). The number of nitrogens with zero attached hydrogens (tertiary/aromatic N) is 3. The molecular formula is C24H28N4O2S. The first-order valence-electron chi connectivity index (χ1n) is 11.6. The summed E-state index contributed by atoms with van der Waals surface area (Å²) in [5.41, 5.74) is 1.36. The first-order valence-corrected chi connectivity index (χ1v) is 12.5. The summed E-state index contributed by atoms with van der Waals surface area (Å²) in [6.45, 7) is 0.704. The summed E-state index contributed by atoms with van der Waals surface area (Å²) >= 11 is 1.40. The van der Waals surface area contributed by atoms with E-state index in [4.69, 9.17) is 0 Å². The molecule has 0 aromatic carbocycles. The fourth-order valence-corrected chi connectivity index (χ4v) is 7.82. The largest absolute Gasteiger partial charge is 0.330 e. The zero-order valence-corrected chi connectivity index (χ0v) is 18.4. The Hall–Kier alpha value is -2.28. The monoisotopic (exact) mass is 436 g/mol. The van der Waals surface area contributed by atoms with Gasteiger partial charge in [-0.05, 0) is 81.3 Å². The predicted molar refractivity (Wildman–Crippen MR) is 119 cm³/mol. The van der Waals surface area contributed by atoms with Crippen LogP contribution in [0.5, 0.6) is 0 Å². The molecule has 4 aliphatic carbocycles. The zero-order chi connectivity index (χ0) is 21.0. The molecule has 2 aromatic heterocycles. The normalized spacial score (nSPS) is 33.6. The number of nitrogens with one attached hydrogen (secondary N) is 1. The molecule has 2 amide bonds. The summed E-state index contributed by atoms with van der Waals surface area (Å²) in [7, 11) is 0. The molecule has 1 aliphatic heterocycles. The molecule has 1 N–H and O–H groups in total. The highest BCUT2D eigenvalue weighted by Crippen LogP contribution is 2.60. The number of thiazole rings is 1. The number of carbonyl (C=O) groups excluding carboxylic acids is 2. The highest BCUT2D eigenvalue weighted by atomic mass is 32.1. The molecule has 3 heterocycles. The molecule has 1 unspecified atom stereocenters. The molecule has 4 bridgehead atoms. The van der Waals surface area contributed by atoms with Crippen LogP contribution in [0.4, 0.5) is 5.13 Å². The summed E-state index contributed by atoms with van der Waals surface area (Å²) in [5, 5.41) is 5.46. The van der Waals surface area contributed by atoms with Gasteiger partial charge in [0.2, 0.25) is 11.8 Å². The highest BCUT2D eigenvalue weighted by Gasteiger charge is 2.56. The molecule has 0 radical (unpaired) electrons. The molecule has 6 nitrogen and oxygen atoms in total. The maximum Gasteiger partial charge on any atom is 0.248 e. The number of aromatic nitrogens is 2. The lowest BCUT2D eigenvalue weighted by Crippen LogP contribution is -2.56. The molecule has 31 heavy (non-hydrogen) atoms. The second-order valence-electron chi connectivity index (χ2n) is 10.1. The fraction of sp³-hybridized carbons (Fsp3) is 0.583. The van der Waals surface area contributed by atoms with Gasteiger partial charge in [0.25, 0.3) is 0 Å². The maximum absolute atomic E-state index is 13.8. The molecule has 2 aromatic rings. The zero-order valence-electron chi connectivity index (χ0n) is 17.6. The minimum atomic E-state index is -0.372. The Morgan fingerprint density at radius 3 is 2.48 bits per heavy atom. The number of hydrogen-bond acceptors (Lipinski definition) is 5. The Morgan fingerprint density at radius 2 is 1.81 bits per heavy atom. The number of likely N-dealkylation sites (tertiary alicyclic amines) is 1. The summed E-state index contributed by atoms with van der Waals surface area (Å²) < 4.78 is 0. The van der Waals surface area contributed by atoms with Crippen molar-refractivity contribution in [1.29, 1.82) is 0 Å². The van der Waals surface area contributed by atoms with Crippen molar-refractivity contribution in [2.75, 3.05) is 11.9 Å². The molecule has 7 rings (SSSR count). The third-order valence-corrected chi connectivity index (χ3v) is 8.73. The highest BCUT2D eigenvalue weighted by molar-refractivity contribution is 7.14. The van der Waals surface area contributed by atoms with Gasteiger partial charge in [0, 0.05) is 18.1 Å². The second kappa shape index (κ2) is 7.40. The van der Waals surface area contributed by atoms with Gasteiger partial charge in [0.15, 0.2) is 5.13 Å². The van der Waals surface area contributed by atoms with Crippen molar-refractivity contribution in [1.82, 2.24) is 14.9 Å². The van der Waals surface area contributed by atoms with Gasteiger partial charge in [-0.3, -0.25) is 14.6 Å². The number of rotatable bonds is 4. The molecule has 5 aliphatic rings. The van der Waals surface area contributed by atoms with Gasteiger partial charge in [-0.1, -0.05) is 6.07 Å². The molecule has 7 heteroatoms. The van der Waals surface area contributed by atoms with E-state index in [9.17, 15) is 9.59 Å². The molecule has 5 fully saturated rings. The first-order chi connectivity index (χ1) is 15.1. The number of hydrogen-bond donors (Lipinski definition) is 1. The van der Waals surface area contributed by atoms with E-state index in [0.29, 0.717) is 11.7 Å². The van der Waals surface area contributed by atoms with Crippen LogP contribution >= 0.6 is 11.3 Å². The third-order valence-electron chi connectivity index (χ3n) is 7.97. The number of pyridine rings is 1. The van der Waals surface area contributed by atoms with Gasteiger partial charge in [0.05, 0.1) is 11.1 Å². The van der Waals surface area contributed by atoms with Crippen molar-refractivity contribution < 1.29 is 9.59 Å². The Kier molecular flexibility index (Phi) is 4.63. The van der Waals surface area contributed by atoms with Crippen molar-refractivity contribution in [3.8, 4) is 11.4 Å². The lowest BCUT2D eigenvalue weighted by Gasteiger charge is -2.56. The van der Waals surface area contributed by atoms with Gasteiger partial charge in [0.1, 0.15) is 11.7 Å². The molecule has 4 saturated carbocycles. The Morgan fingerprint density at radius 1 is 1.06 bits per heavy atom. The van der Waals surface area contributed by atoms with Crippen molar-refractivity contribution in [2.45, 2.75) is 57.4 Å². The fourth-order valence-electron chi connectivity index (χ4n) is 7.11. The maximum atomic E-state index is 13.8. The SMILES string of the molecule is O=C(Nc1nc(-c2ccccn2)cs1)C1CCCN1C(=O)C12CC3CC(CC(C3)C1)C2. The summed E-state index contributed by atoms with van der Waals surface area (Å²) in [6, 6.07) is 5.33. The minimum Gasteiger partial charge on any atom is -0.330 e. The van der Waals surface area contributed by atoms with E-state index in [2.05, 4.69) is 15.3 Å². The molecule has 0 spiro atoms. The average Bonchev–Trinajstić information content (AvgIpc) is 3.43. The Labute approximate surface area is 186 Å². The third kappa shape index (κ3) is 3.37. The average molecular weight is 437 g/mol. The molecule has 1 saturated heterocycles. The first kappa shape index (κ1) is 19.4. The minimum absolute atomic E-state index is 0.0995. The number of amides is 2. The van der Waals surface area contributed by atoms with E-state index >= 15 is 0 Å². The van der Waals surface area contributed by atoms with E-state index in [1.807, 2.05) is 28.5 Å². The van der Waals surface area contributed by atoms with Crippen LogP contribution in [0.15, 0.2) is 29.8 Å². The molecule has 162 valence electrons. The quantitative estimate of drug-likeness (QED) is 0.773. The predicted octanol–water partition coefficient (Wildman–Crippen LogP) is 4.35. The van der Waals surface area contributed by atoms with Crippen LogP contribution in [-0.2, 0) is 9.59 Å². The van der Waals surface area contributed by atoms with Crippen LogP contribution < -0.4 is 5.32 Å². The lowest BCUT2D eigenvalue weighted by atomic mass is 9.49. The van der Waals surface area contributed by atoms with E-state index in [1.54, 1.807) is 6.20 Å². The summed E-state index contributed by atoms with van der Waals surface area (Å²) in [5.74, 6) is 2.34. The topological polar surface area (TPSA) is 75.2 Å². The Bertz CT molecular complexity index is 969. The van der Waals surface area contributed by atoms with Gasteiger partial charge >= 0.3 is 0 Å². The van der Waals surface area contributed by atoms with E-state index in [-0.39, 0.29) is 23.3 Å². The van der Waals surface area contributed by atoms with Crippen LogP contribution in [-0.4, -0.2) is 39.3 Å². The van der Waals surface area contributed by atoms with Crippen molar-refractivity contribution in [3.63, 3.8) is 0 Å². The van der Waals surface area contributed by atoms with Crippen LogP contribution in [0.1, 0.15) is 51.4 Å².